The number of hydrogen-bond acceptors (Lipinski definition) is 3. The predicted octanol–water partition coefficient (Wildman–Crippen LogP) is 5.65. The van der Waals surface area contributed by atoms with E-state index in [0.717, 1.165) is 36.0 Å². The van der Waals surface area contributed by atoms with Gasteiger partial charge in [-0.2, -0.15) is 0 Å². The van der Waals surface area contributed by atoms with E-state index in [9.17, 15) is 0 Å². The highest BCUT2D eigenvalue weighted by Gasteiger charge is 2.22. The number of ether oxygens (including phenoxy) is 1. The van der Waals surface area contributed by atoms with Gasteiger partial charge in [0.1, 0.15) is 12.4 Å². The Balaban J connectivity index is 1.50. The maximum absolute atomic E-state index is 6.24. The van der Waals surface area contributed by atoms with Crippen LogP contribution in [-0.2, 0) is 13.2 Å². The van der Waals surface area contributed by atoms with Crippen molar-refractivity contribution in [2.75, 3.05) is 19.6 Å². The molecule has 0 aromatic heterocycles. The number of likely N-dealkylation sites (N-methyl/N-ethyl adjacent to an activating group) is 1. The summed E-state index contributed by atoms with van der Waals surface area (Å²) in [6, 6.07) is 21.3. The molecule has 3 aromatic rings. The lowest BCUT2D eigenvalue weighted by molar-refractivity contribution is 0.259. The summed E-state index contributed by atoms with van der Waals surface area (Å²) < 4.78 is 6.24. The summed E-state index contributed by atoms with van der Waals surface area (Å²) in [4.78, 5) is 2.58. The monoisotopic (exact) mass is 408 g/mol. The van der Waals surface area contributed by atoms with Gasteiger partial charge in [0, 0.05) is 29.7 Å². The quantitative estimate of drug-likeness (QED) is 0.521. The van der Waals surface area contributed by atoms with Gasteiger partial charge in [0.15, 0.2) is 0 Å². The maximum atomic E-state index is 6.24. The van der Waals surface area contributed by atoms with E-state index in [-0.39, 0.29) is 0 Å². The molecule has 1 N–H and O–H groups in total. The Morgan fingerprint density at radius 3 is 2.72 bits per heavy atom. The highest BCUT2D eigenvalue weighted by atomic mass is 35.5. The fourth-order valence-electron chi connectivity index (χ4n) is 4.28. The highest BCUT2D eigenvalue weighted by molar-refractivity contribution is 6.30. The van der Waals surface area contributed by atoms with E-state index < -0.39 is 0 Å². The smallest absolute Gasteiger partial charge is 0.124 e. The molecule has 0 spiro atoms. The third-order valence-electron chi connectivity index (χ3n) is 5.89. The molecule has 3 nitrogen and oxygen atoms in total. The number of benzene rings is 3. The van der Waals surface area contributed by atoms with E-state index in [4.69, 9.17) is 16.3 Å². The number of nitrogens with zero attached hydrogens (tertiary/aromatic N) is 1. The fraction of sp³-hybridized carbons (Fsp3) is 0.360. The van der Waals surface area contributed by atoms with E-state index in [2.05, 4.69) is 53.5 Å². The van der Waals surface area contributed by atoms with Gasteiger partial charge in [-0.15, -0.1) is 0 Å². The lowest BCUT2D eigenvalue weighted by atomic mass is 10.0. The van der Waals surface area contributed by atoms with Crippen LogP contribution in [0.25, 0.3) is 10.8 Å². The summed E-state index contributed by atoms with van der Waals surface area (Å²) in [7, 11) is 0. The van der Waals surface area contributed by atoms with Crippen molar-refractivity contribution in [3.8, 4) is 5.75 Å². The number of halogens is 1. The molecular formula is C25H29ClN2O. The zero-order valence-corrected chi connectivity index (χ0v) is 17.8. The molecule has 4 rings (SSSR count). The Morgan fingerprint density at radius 2 is 1.90 bits per heavy atom. The second kappa shape index (κ2) is 9.62. The summed E-state index contributed by atoms with van der Waals surface area (Å²) in [5.41, 5.74) is 2.35. The van der Waals surface area contributed by atoms with Crippen LogP contribution >= 0.6 is 11.6 Å². The van der Waals surface area contributed by atoms with Crippen molar-refractivity contribution in [1.82, 2.24) is 10.2 Å². The molecule has 3 aromatic carbocycles. The normalized spacial score (nSPS) is 17.1. The van der Waals surface area contributed by atoms with E-state index in [1.807, 2.05) is 24.3 Å². The molecule has 1 fully saturated rings. The minimum absolute atomic E-state index is 0.536. The van der Waals surface area contributed by atoms with Crippen LogP contribution < -0.4 is 10.1 Å². The van der Waals surface area contributed by atoms with E-state index >= 15 is 0 Å². The van der Waals surface area contributed by atoms with Gasteiger partial charge < -0.3 is 10.1 Å². The molecule has 29 heavy (non-hydrogen) atoms. The highest BCUT2D eigenvalue weighted by Crippen LogP contribution is 2.29. The predicted molar refractivity (Wildman–Crippen MR) is 122 cm³/mol. The van der Waals surface area contributed by atoms with Crippen LogP contribution in [0.1, 0.15) is 30.9 Å². The van der Waals surface area contributed by atoms with E-state index in [0.29, 0.717) is 12.6 Å². The molecule has 152 valence electrons. The first kappa shape index (κ1) is 20.2. The molecule has 0 aliphatic carbocycles. The summed E-state index contributed by atoms with van der Waals surface area (Å²) in [5, 5.41) is 6.96. The van der Waals surface area contributed by atoms with Crippen molar-refractivity contribution >= 4 is 22.4 Å². The molecule has 0 saturated carbocycles. The Hall–Kier alpha value is -2.07. The summed E-state index contributed by atoms with van der Waals surface area (Å²) in [5.74, 6) is 0.949. The van der Waals surface area contributed by atoms with E-state index in [1.54, 1.807) is 0 Å². The number of likely N-dealkylation sites (tertiary alicyclic amines) is 1. The average molecular weight is 409 g/mol. The summed E-state index contributed by atoms with van der Waals surface area (Å²) in [6.07, 6.45) is 2.60. The van der Waals surface area contributed by atoms with Gasteiger partial charge in [-0.25, -0.2) is 0 Å². The topological polar surface area (TPSA) is 24.5 Å². The summed E-state index contributed by atoms with van der Waals surface area (Å²) in [6.45, 7) is 6.99. The molecule has 1 atom stereocenters. The van der Waals surface area contributed by atoms with Gasteiger partial charge in [0.05, 0.1) is 0 Å². The molecule has 1 saturated heterocycles. The number of hydrogen-bond donors (Lipinski definition) is 1. The number of rotatable bonds is 8. The largest absolute Gasteiger partial charge is 0.489 e. The molecular weight excluding hydrogens is 380 g/mol. The Labute approximate surface area is 178 Å². The van der Waals surface area contributed by atoms with Gasteiger partial charge >= 0.3 is 0 Å². The van der Waals surface area contributed by atoms with Gasteiger partial charge in [-0.1, -0.05) is 61.0 Å². The Kier molecular flexibility index (Phi) is 6.70. The van der Waals surface area contributed by atoms with Gasteiger partial charge in [-0.05, 0) is 60.5 Å². The number of nitrogens with one attached hydrogen (secondary N) is 1. The Morgan fingerprint density at radius 1 is 1.07 bits per heavy atom. The average Bonchev–Trinajstić information content (AvgIpc) is 3.21. The minimum Gasteiger partial charge on any atom is -0.489 e. The van der Waals surface area contributed by atoms with Crippen molar-refractivity contribution in [2.45, 2.75) is 39.0 Å². The molecule has 1 unspecified atom stereocenters. The minimum atomic E-state index is 0.536. The lowest BCUT2D eigenvalue weighted by Crippen LogP contribution is -2.37. The standard InChI is InChI=1S/C25H29ClN2O/c1-2-28-15-5-7-22(28)16-27-17-24-23-8-4-3-6-20(23)11-14-25(24)29-18-19-9-12-21(26)13-10-19/h3-4,6,8-14,22,27H,2,5,7,15-18H2,1H3. The second-order valence-corrected chi connectivity index (χ2v) is 8.17. The van der Waals surface area contributed by atoms with Crippen molar-refractivity contribution < 1.29 is 4.74 Å². The first-order valence-electron chi connectivity index (χ1n) is 10.6. The van der Waals surface area contributed by atoms with Crippen molar-refractivity contribution in [3.05, 3.63) is 76.8 Å². The second-order valence-electron chi connectivity index (χ2n) is 7.73. The molecule has 1 aliphatic rings. The van der Waals surface area contributed by atoms with Crippen molar-refractivity contribution in [3.63, 3.8) is 0 Å². The molecule has 1 heterocycles. The maximum Gasteiger partial charge on any atom is 0.124 e. The summed E-state index contributed by atoms with van der Waals surface area (Å²) >= 11 is 6.00. The Bertz CT molecular complexity index is 941. The van der Waals surface area contributed by atoms with Gasteiger partial charge in [0.2, 0.25) is 0 Å². The van der Waals surface area contributed by atoms with Crippen LogP contribution in [-0.4, -0.2) is 30.6 Å². The van der Waals surface area contributed by atoms with Crippen molar-refractivity contribution in [2.24, 2.45) is 0 Å². The first-order chi connectivity index (χ1) is 14.2. The van der Waals surface area contributed by atoms with Crippen LogP contribution in [0.5, 0.6) is 5.75 Å². The lowest BCUT2D eigenvalue weighted by Gasteiger charge is -2.23. The third kappa shape index (κ3) is 4.92. The molecule has 4 heteroatoms. The van der Waals surface area contributed by atoms with E-state index in [1.165, 1.54) is 35.7 Å². The SMILES string of the molecule is CCN1CCCC1CNCc1c(OCc2ccc(Cl)cc2)ccc2ccccc12. The zero-order valence-electron chi connectivity index (χ0n) is 17.0. The van der Waals surface area contributed by atoms with Crippen LogP contribution in [0.15, 0.2) is 60.7 Å². The first-order valence-corrected chi connectivity index (χ1v) is 10.9. The number of fused-ring (bicyclic) bond motifs is 1. The van der Waals surface area contributed by atoms with Crippen molar-refractivity contribution in [1.29, 1.82) is 0 Å². The third-order valence-corrected chi connectivity index (χ3v) is 6.14. The van der Waals surface area contributed by atoms with Crippen LogP contribution in [0, 0.1) is 0 Å². The molecule has 0 bridgehead atoms. The fourth-order valence-corrected chi connectivity index (χ4v) is 4.41. The molecule has 0 amide bonds. The van der Waals surface area contributed by atoms with Crippen LogP contribution in [0.3, 0.4) is 0 Å². The molecule has 1 aliphatic heterocycles. The zero-order chi connectivity index (χ0) is 20.1. The van der Waals surface area contributed by atoms with Crippen LogP contribution in [0.4, 0.5) is 0 Å². The molecule has 0 radical (unpaired) electrons. The van der Waals surface area contributed by atoms with Gasteiger partial charge in [0.25, 0.3) is 0 Å². The van der Waals surface area contributed by atoms with Crippen LogP contribution in [0.2, 0.25) is 5.02 Å². The van der Waals surface area contributed by atoms with Gasteiger partial charge in [-0.3, -0.25) is 4.90 Å².